The van der Waals surface area contributed by atoms with E-state index in [9.17, 15) is 14.4 Å². The van der Waals surface area contributed by atoms with Crippen LogP contribution >= 0.6 is 11.8 Å². The zero-order valence-corrected chi connectivity index (χ0v) is 18.4. The lowest BCUT2D eigenvalue weighted by Crippen LogP contribution is -2.46. The molecule has 0 spiro atoms. The Kier molecular flexibility index (Phi) is 9.11. The van der Waals surface area contributed by atoms with E-state index in [4.69, 9.17) is 10.1 Å². The van der Waals surface area contributed by atoms with E-state index in [0.29, 0.717) is 12.8 Å². The third-order valence-corrected chi connectivity index (χ3v) is 5.64. The minimum atomic E-state index is -0.823. The van der Waals surface area contributed by atoms with Gasteiger partial charge >= 0.3 is 5.97 Å². The second kappa shape index (κ2) is 11.5. The van der Waals surface area contributed by atoms with Crippen LogP contribution in [-0.4, -0.2) is 52.5 Å². The van der Waals surface area contributed by atoms with Crippen molar-refractivity contribution in [3.8, 4) is 0 Å². The second-order valence-electron chi connectivity index (χ2n) is 7.34. The van der Waals surface area contributed by atoms with Gasteiger partial charge in [0.15, 0.2) is 5.78 Å². The number of Topliss-reactive ketones (excluding diaryl/α,β-unsaturated/α-hetero) is 1. The molecule has 0 saturated heterocycles. The predicted molar refractivity (Wildman–Crippen MR) is 120 cm³/mol. The number of rotatable bonds is 12. The van der Waals surface area contributed by atoms with E-state index in [0.717, 1.165) is 22.7 Å². The van der Waals surface area contributed by atoms with Gasteiger partial charge in [0.1, 0.15) is 6.04 Å². The van der Waals surface area contributed by atoms with Gasteiger partial charge in [0.05, 0.1) is 17.6 Å². The van der Waals surface area contributed by atoms with Crippen LogP contribution in [0.2, 0.25) is 0 Å². The molecule has 30 heavy (non-hydrogen) atoms. The normalized spacial score (nSPS) is 13.1. The number of ketones is 1. The highest BCUT2D eigenvalue weighted by Gasteiger charge is 2.27. The third-order valence-electron chi connectivity index (χ3n) is 4.69. The van der Waals surface area contributed by atoms with Gasteiger partial charge in [0.2, 0.25) is 5.91 Å². The topological polar surface area (TPSA) is 112 Å². The van der Waals surface area contributed by atoms with Crippen LogP contribution < -0.4 is 5.32 Å². The molecule has 2 atom stereocenters. The summed E-state index contributed by atoms with van der Waals surface area (Å²) in [6, 6.07) is 7.09. The van der Waals surface area contributed by atoms with Crippen molar-refractivity contribution in [3.05, 3.63) is 36.0 Å². The molecular formula is C22H29N3O4S. The van der Waals surface area contributed by atoms with Crippen molar-refractivity contribution in [3.63, 3.8) is 0 Å². The van der Waals surface area contributed by atoms with Crippen molar-refractivity contribution < 1.29 is 19.1 Å². The number of amides is 1. The highest BCUT2D eigenvalue weighted by atomic mass is 32.2. The fraction of sp³-hybridized carbons (Fsp3) is 0.455. The van der Waals surface area contributed by atoms with Crippen molar-refractivity contribution in [2.75, 3.05) is 6.26 Å². The SMILES string of the molecule is CS[C@@H](Cc1c[nH]c2ccccc12)C(=O)N[C@@H](CCCC(=O)C=N)C(=O)OC(C)C. The first kappa shape index (κ1) is 23.7. The van der Waals surface area contributed by atoms with E-state index in [2.05, 4.69) is 10.3 Å². The molecule has 162 valence electrons. The van der Waals surface area contributed by atoms with Crippen molar-refractivity contribution in [1.29, 1.82) is 5.41 Å². The fourth-order valence-corrected chi connectivity index (χ4v) is 3.79. The lowest BCUT2D eigenvalue weighted by Gasteiger charge is -2.22. The maximum Gasteiger partial charge on any atom is 0.328 e. The maximum absolute atomic E-state index is 12.9. The summed E-state index contributed by atoms with van der Waals surface area (Å²) in [4.78, 5) is 40.0. The van der Waals surface area contributed by atoms with E-state index in [1.54, 1.807) is 13.8 Å². The monoisotopic (exact) mass is 431 g/mol. The van der Waals surface area contributed by atoms with Gasteiger partial charge in [-0.3, -0.25) is 9.59 Å². The highest BCUT2D eigenvalue weighted by Crippen LogP contribution is 2.23. The van der Waals surface area contributed by atoms with Gasteiger partial charge in [-0.15, -0.1) is 0 Å². The summed E-state index contributed by atoms with van der Waals surface area (Å²) < 4.78 is 5.28. The Labute approximate surface area is 180 Å². The van der Waals surface area contributed by atoms with Crippen LogP contribution in [0.15, 0.2) is 30.5 Å². The quantitative estimate of drug-likeness (QED) is 0.353. The molecule has 0 aliphatic rings. The number of para-hydroxylation sites is 1. The standard InChI is InChI=1S/C22H29N3O4S/c1-14(2)29-22(28)19(10-6-7-16(26)12-23)25-21(27)20(30-3)11-15-13-24-18-9-5-4-8-17(15)18/h4-5,8-9,12-14,19-20,23-24H,6-7,10-11H2,1-3H3,(H,25,27)/t19-,20-/m0/s1. The summed E-state index contributed by atoms with van der Waals surface area (Å²) in [5.41, 5.74) is 2.06. The molecule has 0 bridgehead atoms. The number of hydrogen-bond donors (Lipinski definition) is 3. The molecule has 3 N–H and O–H groups in total. The zero-order valence-electron chi connectivity index (χ0n) is 17.6. The Bertz CT molecular complexity index is 893. The molecule has 0 aliphatic carbocycles. The number of benzene rings is 1. The number of ether oxygens (including phenoxy) is 1. The number of esters is 1. The number of hydrogen-bond acceptors (Lipinski definition) is 6. The number of aromatic amines is 1. The van der Waals surface area contributed by atoms with Crippen LogP contribution in [0, 0.1) is 5.41 Å². The molecule has 8 heteroatoms. The van der Waals surface area contributed by atoms with E-state index in [-0.39, 0.29) is 35.9 Å². The molecule has 0 unspecified atom stereocenters. The highest BCUT2D eigenvalue weighted by molar-refractivity contribution is 7.99. The number of aromatic nitrogens is 1. The lowest BCUT2D eigenvalue weighted by atomic mass is 10.1. The molecular weight excluding hydrogens is 402 g/mol. The van der Waals surface area contributed by atoms with Gasteiger partial charge in [0, 0.05) is 23.5 Å². The van der Waals surface area contributed by atoms with Crippen molar-refractivity contribution >= 4 is 46.5 Å². The van der Waals surface area contributed by atoms with E-state index < -0.39 is 12.0 Å². The summed E-state index contributed by atoms with van der Waals surface area (Å²) in [5, 5.41) is 10.5. The first-order valence-electron chi connectivity index (χ1n) is 9.97. The van der Waals surface area contributed by atoms with Crippen LogP contribution in [0.5, 0.6) is 0 Å². The summed E-state index contributed by atoms with van der Waals surface area (Å²) in [6.45, 7) is 3.49. The Morgan fingerprint density at radius 3 is 2.67 bits per heavy atom. The summed E-state index contributed by atoms with van der Waals surface area (Å²) in [6.07, 6.45) is 5.59. The Hall–Kier alpha value is -2.61. The van der Waals surface area contributed by atoms with E-state index in [1.807, 2.05) is 36.7 Å². The third kappa shape index (κ3) is 6.73. The smallest absolute Gasteiger partial charge is 0.328 e. The average Bonchev–Trinajstić information content (AvgIpc) is 3.13. The van der Waals surface area contributed by atoms with Gasteiger partial charge in [-0.25, -0.2) is 4.79 Å². The largest absolute Gasteiger partial charge is 0.461 e. The zero-order chi connectivity index (χ0) is 22.1. The Morgan fingerprint density at radius 2 is 2.00 bits per heavy atom. The van der Waals surface area contributed by atoms with Gasteiger partial charge in [0.25, 0.3) is 0 Å². The lowest BCUT2D eigenvalue weighted by molar-refractivity contribution is -0.151. The number of carbonyl (C=O) groups is 3. The first-order chi connectivity index (χ1) is 14.3. The summed E-state index contributed by atoms with van der Waals surface area (Å²) in [7, 11) is 0. The molecule has 0 fully saturated rings. The minimum absolute atomic E-state index is 0.159. The van der Waals surface area contributed by atoms with Crippen LogP contribution in [0.1, 0.15) is 38.7 Å². The number of thioether (sulfide) groups is 1. The van der Waals surface area contributed by atoms with Gasteiger partial charge in [-0.2, -0.15) is 11.8 Å². The summed E-state index contributed by atoms with van der Waals surface area (Å²) >= 11 is 1.42. The number of carbonyl (C=O) groups excluding carboxylic acids is 3. The van der Waals surface area contributed by atoms with Crippen molar-refractivity contribution in [2.45, 2.75) is 56.9 Å². The molecule has 1 heterocycles. The van der Waals surface area contributed by atoms with Crippen LogP contribution in [-0.2, 0) is 25.5 Å². The number of H-pyrrole nitrogens is 1. The molecule has 1 aromatic heterocycles. The molecule has 7 nitrogen and oxygen atoms in total. The van der Waals surface area contributed by atoms with E-state index >= 15 is 0 Å². The fourth-order valence-electron chi connectivity index (χ4n) is 3.16. The van der Waals surface area contributed by atoms with Crippen molar-refractivity contribution in [2.24, 2.45) is 0 Å². The first-order valence-corrected chi connectivity index (χ1v) is 11.3. The number of nitrogens with one attached hydrogen (secondary N) is 3. The predicted octanol–water partition coefficient (Wildman–Crippen LogP) is 3.27. The summed E-state index contributed by atoms with van der Waals surface area (Å²) in [5.74, 6) is -1.05. The van der Waals surface area contributed by atoms with Gasteiger partial charge < -0.3 is 20.4 Å². The Balaban J connectivity index is 2.07. The number of fused-ring (bicyclic) bond motifs is 1. The molecule has 1 amide bonds. The molecule has 1 aromatic carbocycles. The van der Waals surface area contributed by atoms with Gasteiger partial charge in [-0.1, -0.05) is 18.2 Å². The molecule has 2 aromatic rings. The molecule has 0 radical (unpaired) electrons. The van der Waals surface area contributed by atoms with Crippen LogP contribution in [0.3, 0.4) is 0 Å². The second-order valence-corrected chi connectivity index (χ2v) is 8.38. The van der Waals surface area contributed by atoms with Gasteiger partial charge in [-0.05, 0) is 51.0 Å². The maximum atomic E-state index is 12.9. The molecule has 0 aliphatic heterocycles. The average molecular weight is 432 g/mol. The molecule has 2 rings (SSSR count). The van der Waals surface area contributed by atoms with Crippen molar-refractivity contribution in [1.82, 2.24) is 10.3 Å². The van der Waals surface area contributed by atoms with Crippen LogP contribution in [0.4, 0.5) is 0 Å². The Morgan fingerprint density at radius 1 is 1.27 bits per heavy atom. The minimum Gasteiger partial charge on any atom is -0.461 e. The van der Waals surface area contributed by atoms with Crippen LogP contribution in [0.25, 0.3) is 10.9 Å². The molecule has 0 saturated carbocycles. The van der Waals surface area contributed by atoms with E-state index in [1.165, 1.54) is 11.8 Å².